The molecule has 0 fully saturated rings. The molecule has 0 unspecified atom stereocenters. The van der Waals surface area contributed by atoms with E-state index in [9.17, 15) is 20.2 Å². The largest absolute Gasteiger partial charge is 0.473 e. The lowest BCUT2D eigenvalue weighted by molar-refractivity contribution is -0.393. The molecule has 3 rings (SSSR count). The van der Waals surface area contributed by atoms with E-state index in [1.54, 1.807) is 18.3 Å². The van der Waals surface area contributed by atoms with Crippen LogP contribution in [0.1, 0.15) is 11.1 Å². The summed E-state index contributed by atoms with van der Waals surface area (Å²) in [5.41, 5.74) is 1.31. The molecule has 0 radical (unpaired) electrons. The van der Waals surface area contributed by atoms with E-state index >= 15 is 0 Å². The van der Waals surface area contributed by atoms with Crippen LogP contribution in [-0.4, -0.2) is 14.8 Å². The third kappa shape index (κ3) is 4.79. The maximum absolute atomic E-state index is 11.2. The van der Waals surface area contributed by atoms with Crippen LogP contribution in [0.15, 0.2) is 66.9 Å². The Morgan fingerprint density at radius 2 is 1.71 bits per heavy atom. The molecular weight excluding hydrogens is 364 g/mol. The zero-order valence-electron chi connectivity index (χ0n) is 14.6. The van der Waals surface area contributed by atoms with E-state index in [0.717, 1.165) is 17.2 Å². The van der Waals surface area contributed by atoms with Gasteiger partial charge in [-0.3, -0.25) is 20.2 Å². The highest BCUT2D eigenvalue weighted by Gasteiger charge is 2.19. The number of hydrogen-bond acceptors (Lipinski definition) is 7. The van der Waals surface area contributed by atoms with Gasteiger partial charge in [0, 0.05) is 24.9 Å². The minimum absolute atomic E-state index is 0.194. The minimum atomic E-state index is -0.671. The lowest BCUT2D eigenvalue weighted by atomic mass is 10.2. The monoisotopic (exact) mass is 380 g/mol. The van der Waals surface area contributed by atoms with Gasteiger partial charge in [0.1, 0.15) is 12.3 Å². The maximum atomic E-state index is 11.2. The second-order valence-corrected chi connectivity index (χ2v) is 5.85. The Labute approximate surface area is 159 Å². The summed E-state index contributed by atoms with van der Waals surface area (Å²) in [6, 6.07) is 16.6. The molecule has 0 amide bonds. The van der Waals surface area contributed by atoms with Gasteiger partial charge in [-0.05, 0) is 23.3 Å². The smallest absolute Gasteiger partial charge is 0.299 e. The number of ether oxygens (including phenoxy) is 1. The standard InChI is InChI=1S/C19H16N4O5/c24-22(25)16-6-7-17(18(11-16)23(26)27)21-12-15-8-9-20-19(10-15)28-13-14-4-2-1-3-5-14/h1-11,21H,12-13H2. The number of rotatable bonds is 8. The Bertz CT molecular complexity index is 995. The van der Waals surface area contributed by atoms with Crippen molar-refractivity contribution in [3.05, 3.63) is 98.2 Å². The Morgan fingerprint density at radius 1 is 0.929 bits per heavy atom. The molecular formula is C19H16N4O5. The van der Waals surface area contributed by atoms with Crippen LogP contribution in [0.5, 0.6) is 5.88 Å². The van der Waals surface area contributed by atoms with Crippen molar-refractivity contribution >= 4 is 17.1 Å². The molecule has 0 saturated carbocycles. The fourth-order valence-electron chi connectivity index (χ4n) is 2.50. The minimum Gasteiger partial charge on any atom is -0.473 e. The number of nitrogens with zero attached hydrogens (tertiary/aromatic N) is 3. The molecule has 3 aromatic rings. The number of nitrogens with one attached hydrogen (secondary N) is 1. The molecule has 0 saturated heterocycles. The highest BCUT2D eigenvalue weighted by atomic mass is 16.6. The van der Waals surface area contributed by atoms with Gasteiger partial charge in [-0.2, -0.15) is 0 Å². The number of hydrogen-bond donors (Lipinski definition) is 1. The van der Waals surface area contributed by atoms with E-state index in [1.165, 1.54) is 12.1 Å². The third-order valence-electron chi connectivity index (χ3n) is 3.90. The highest BCUT2D eigenvalue weighted by Crippen LogP contribution is 2.29. The molecule has 0 aliphatic carbocycles. The normalized spacial score (nSPS) is 10.3. The number of non-ortho nitro benzene ring substituents is 1. The second kappa shape index (κ2) is 8.58. The van der Waals surface area contributed by atoms with Gasteiger partial charge >= 0.3 is 0 Å². The predicted molar refractivity (Wildman–Crippen MR) is 102 cm³/mol. The van der Waals surface area contributed by atoms with Crippen molar-refractivity contribution in [2.24, 2.45) is 0 Å². The molecule has 9 nitrogen and oxygen atoms in total. The van der Waals surface area contributed by atoms with Crippen LogP contribution in [0.3, 0.4) is 0 Å². The number of nitro groups is 2. The Morgan fingerprint density at radius 3 is 2.43 bits per heavy atom. The molecule has 1 aromatic heterocycles. The van der Waals surface area contributed by atoms with Crippen molar-refractivity contribution in [1.82, 2.24) is 4.98 Å². The lowest BCUT2D eigenvalue weighted by Crippen LogP contribution is -2.04. The summed E-state index contributed by atoms with van der Waals surface area (Å²) in [4.78, 5) is 24.8. The molecule has 2 aromatic carbocycles. The predicted octanol–water partition coefficient (Wildman–Crippen LogP) is 4.09. The van der Waals surface area contributed by atoms with Gasteiger partial charge in [0.2, 0.25) is 5.88 Å². The molecule has 1 heterocycles. The van der Waals surface area contributed by atoms with Gasteiger partial charge in [0.25, 0.3) is 11.4 Å². The van der Waals surface area contributed by atoms with E-state index in [-0.39, 0.29) is 23.6 Å². The molecule has 0 bridgehead atoms. The van der Waals surface area contributed by atoms with Crippen LogP contribution in [0.25, 0.3) is 0 Å². The van der Waals surface area contributed by atoms with Gasteiger partial charge in [-0.1, -0.05) is 30.3 Å². The quantitative estimate of drug-likeness (QED) is 0.461. The summed E-state index contributed by atoms with van der Waals surface area (Å²) in [7, 11) is 0. The van der Waals surface area contributed by atoms with E-state index in [4.69, 9.17) is 4.74 Å². The number of aromatic nitrogens is 1. The summed E-state index contributed by atoms with van der Waals surface area (Å²) < 4.78 is 5.67. The van der Waals surface area contributed by atoms with Crippen LogP contribution < -0.4 is 10.1 Å². The fourth-order valence-corrected chi connectivity index (χ4v) is 2.50. The first-order chi connectivity index (χ1) is 13.5. The van der Waals surface area contributed by atoms with Crippen molar-refractivity contribution < 1.29 is 14.6 Å². The molecule has 0 aliphatic heterocycles. The topological polar surface area (TPSA) is 120 Å². The SMILES string of the molecule is O=[N+]([O-])c1ccc(NCc2ccnc(OCc3ccccc3)c2)c([N+](=O)[O-])c1. The maximum Gasteiger partial charge on any atom is 0.299 e. The first kappa shape index (κ1) is 18.8. The molecule has 0 spiro atoms. The van der Waals surface area contributed by atoms with Crippen molar-refractivity contribution in [2.45, 2.75) is 13.2 Å². The van der Waals surface area contributed by atoms with Crippen molar-refractivity contribution in [2.75, 3.05) is 5.32 Å². The molecule has 9 heteroatoms. The van der Waals surface area contributed by atoms with E-state index < -0.39 is 9.85 Å². The molecule has 0 atom stereocenters. The Kier molecular flexibility index (Phi) is 5.75. The van der Waals surface area contributed by atoms with Crippen LogP contribution in [0.2, 0.25) is 0 Å². The average molecular weight is 380 g/mol. The molecule has 142 valence electrons. The molecule has 28 heavy (non-hydrogen) atoms. The van der Waals surface area contributed by atoms with Crippen LogP contribution in [-0.2, 0) is 13.2 Å². The average Bonchev–Trinajstić information content (AvgIpc) is 2.71. The van der Waals surface area contributed by atoms with Crippen molar-refractivity contribution in [3.63, 3.8) is 0 Å². The van der Waals surface area contributed by atoms with Crippen molar-refractivity contribution in [3.8, 4) is 5.88 Å². The number of pyridine rings is 1. The first-order valence-electron chi connectivity index (χ1n) is 8.31. The van der Waals surface area contributed by atoms with Crippen molar-refractivity contribution in [1.29, 1.82) is 0 Å². The first-order valence-corrected chi connectivity index (χ1v) is 8.31. The summed E-state index contributed by atoms with van der Waals surface area (Å²) >= 11 is 0. The zero-order chi connectivity index (χ0) is 19.9. The van der Waals surface area contributed by atoms with Crippen LogP contribution in [0, 0.1) is 20.2 Å². The van der Waals surface area contributed by atoms with Gasteiger partial charge in [-0.25, -0.2) is 4.98 Å². The van der Waals surface area contributed by atoms with Crippen LogP contribution in [0.4, 0.5) is 17.1 Å². The fraction of sp³-hybridized carbons (Fsp3) is 0.105. The second-order valence-electron chi connectivity index (χ2n) is 5.85. The van der Waals surface area contributed by atoms with Gasteiger partial charge in [-0.15, -0.1) is 0 Å². The van der Waals surface area contributed by atoms with Gasteiger partial charge < -0.3 is 10.1 Å². The summed E-state index contributed by atoms with van der Waals surface area (Å²) in [5.74, 6) is 0.432. The highest BCUT2D eigenvalue weighted by molar-refractivity contribution is 5.65. The number of nitro benzene ring substituents is 2. The molecule has 1 N–H and O–H groups in total. The van der Waals surface area contributed by atoms with E-state index in [0.29, 0.717) is 12.5 Å². The van der Waals surface area contributed by atoms with E-state index in [2.05, 4.69) is 10.3 Å². The Balaban J connectivity index is 1.68. The zero-order valence-corrected chi connectivity index (χ0v) is 14.6. The van der Waals surface area contributed by atoms with E-state index in [1.807, 2.05) is 30.3 Å². The number of anilines is 1. The number of benzene rings is 2. The summed E-state index contributed by atoms with van der Waals surface area (Å²) in [6.07, 6.45) is 1.58. The van der Waals surface area contributed by atoms with Crippen LogP contribution >= 0.6 is 0 Å². The Hall–Kier alpha value is -4.01. The lowest BCUT2D eigenvalue weighted by Gasteiger charge is -2.09. The van der Waals surface area contributed by atoms with Gasteiger partial charge in [0.15, 0.2) is 0 Å². The summed E-state index contributed by atoms with van der Waals surface area (Å²) in [6.45, 7) is 0.640. The third-order valence-corrected chi connectivity index (χ3v) is 3.90. The summed E-state index contributed by atoms with van der Waals surface area (Å²) in [5, 5.41) is 24.9. The molecule has 0 aliphatic rings. The van der Waals surface area contributed by atoms with Gasteiger partial charge in [0.05, 0.1) is 15.9 Å².